The molecule has 0 aliphatic carbocycles. The van der Waals surface area contributed by atoms with Gasteiger partial charge in [0, 0.05) is 37.3 Å². The number of nitrogens with zero attached hydrogens (tertiary/aromatic N) is 3. The van der Waals surface area contributed by atoms with Crippen LogP contribution in [0.2, 0.25) is 0 Å². The minimum atomic E-state index is -0.205. The van der Waals surface area contributed by atoms with Crippen LogP contribution in [0.15, 0.2) is 47.6 Å². The molecule has 1 amide bonds. The average Bonchev–Trinajstić information content (AvgIpc) is 2.81. The first-order valence-electron chi connectivity index (χ1n) is 11.3. The van der Waals surface area contributed by atoms with E-state index in [-0.39, 0.29) is 35.8 Å². The van der Waals surface area contributed by atoms with E-state index in [1.54, 1.807) is 6.20 Å². The Hall–Kier alpha value is -2.56. The first kappa shape index (κ1) is 26.7. The number of piperidine rings is 1. The number of primary amides is 1. The fraction of sp³-hybridized carbons (Fsp3) is 0.458. The molecule has 1 saturated heterocycles. The highest BCUT2D eigenvalue weighted by atomic mass is 127. The fourth-order valence-corrected chi connectivity index (χ4v) is 3.69. The summed E-state index contributed by atoms with van der Waals surface area (Å²) in [7, 11) is 0. The number of nitrogens with one attached hydrogen (secondary N) is 2. The lowest BCUT2D eigenvalue weighted by atomic mass is 9.96. The topological polar surface area (TPSA) is 105 Å². The van der Waals surface area contributed by atoms with Crippen LogP contribution >= 0.6 is 24.0 Å². The Balaban J connectivity index is 0.00000385. The summed E-state index contributed by atoms with van der Waals surface area (Å²) in [5.41, 5.74) is 7.73. The molecule has 9 heteroatoms. The zero-order chi connectivity index (χ0) is 22.8. The quantitative estimate of drug-likeness (QED) is 0.187. The van der Waals surface area contributed by atoms with Gasteiger partial charge in [-0.1, -0.05) is 23.8 Å². The van der Waals surface area contributed by atoms with Crippen molar-refractivity contribution in [3.8, 4) is 5.75 Å². The number of carbonyl (C=O) groups excluding carboxylic acids is 1. The van der Waals surface area contributed by atoms with Gasteiger partial charge in [0.2, 0.25) is 5.91 Å². The predicted molar refractivity (Wildman–Crippen MR) is 143 cm³/mol. The molecule has 0 radical (unpaired) electrons. The summed E-state index contributed by atoms with van der Waals surface area (Å²) in [6, 6.07) is 12.0. The standard InChI is InChI=1S/C24H34N6O2.HI/c1-3-26-24(28-13-16-32-21-8-6-18(2)7-9-21)29-17-20-5-4-12-27-23(20)30-14-10-19(11-15-30)22(25)31;/h4-9,12,19H,3,10-11,13-17H2,1-2H3,(H2,25,31)(H2,26,28,29);1H. The highest BCUT2D eigenvalue weighted by Gasteiger charge is 2.24. The van der Waals surface area contributed by atoms with Crippen molar-refractivity contribution in [1.82, 2.24) is 15.6 Å². The number of hydrogen-bond acceptors (Lipinski definition) is 5. The lowest BCUT2D eigenvalue weighted by molar-refractivity contribution is -0.122. The molecule has 1 aliphatic rings. The second-order valence-electron chi connectivity index (χ2n) is 7.93. The Morgan fingerprint density at radius 3 is 2.61 bits per heavy atom. The summed E-state index contributed by atoms with van der Waals surface area (Å²) in [6.07, 6.45) is 3.33. The van der Waals surface area contributed by atoms with Gasteiger partial charge in [-0.2, -0.15) is 0 Å². The maximum Gasteiger partial charge on any atom is 0.220 e. The number of aliphatic imine (C=N–C) groups is 1. The molecule has 1 aromatic heterocycles. The Kier molecular flexibility index (Phi) is 11.2. The maximum absolute atomic E-state index is 11.5. The Bertz CT molecular complexity index is 898. The van der Waals surface area contributed by atoms with E-state index >= 15 is 0 Å². The molecular weight excluding hydrogens is 531 g/mol. The minimum Gasteiger partial charge on any atom is -0.492 e. The van der Waals surface area contributed by atoms with Crippen molar-refractivity contribution in [3.63, 3.8) is 0 Å². The number of guanidine groups is 1. The molecule has 1 aromatic carbocycles. The van der Waals surface area contributed by atoms with Gasteiger partial charge in [-0.05, 0) is 44.9 Å². The molecule has 0 saturated carbocycles. The molecule has 0 spiro atoms. The molecule has 3 rings (SSSR count). The smallest absolute Gasteiger partial charge is 0.220 e. The molecule has 2 aromatic rings. The Morgan fingerprint density at radius 2 is 1.94 bits per heavy atom. The molecule has 4 N–H and O–H groups in total. The van der Waals surface area contributed by atoms with Crippen molar-refractivity contribution in [2.24, 2.45) is 16.6 Å². The number of carbonyl (C=O) groups is 1. The number of ether oxygens (including phenoxy) is 1. The fourth-order valence-electron chi connectivity index (χ4n) is 3.69. The van der Waals surface area contributed by atoms with Crippen LogP contribution in [0, 0.1) is 12.8 Å². The van der Waals surface area contributed by atoms with Gasteiger partial charge < -0.3 is 26.0 Å². The van der Waals surface area contributed by atoms with E-state index in [0.717, 1.165) is 55.6 Å². The van der Waals surface area contributed by atoms with E-state index in [1.165, 1.54) is 5.56 Å². The van der Waals surface area contributed by atoms with Crippen molar-refractivity contribution in [2.45, 2.75) is 33.2 Å². The van der Waals surface area contributed by atoms with Gasteiger partial charge in [0.25, 0.3) is 0 Å². The molecule has 0 bridgehead atoms. The summed E-state index contributed by atoms with van der Waals surface area (Å²) in [4.78, 5) is 23.0. The number of aryl methyl sites for hydroxylation is 1. The lowest BCUT2D eigenvalue weighted by Gasteiger charge is -2.32. The van der Waals surface area contributed by atoms with Gasteiger partial charge in [0.15, 0.2) is 5.96 Å². The number of anilines is 1. The second kappa shape index (κ2) is 13.9. The van der Waals surface area contributed by atoms with Crippen LogP contribution in [0.25, 0.3) is 0 Å². The maximum atomic E-state index is 11.5. The number of benzene rings is 1. The molecule has 2 heterocycles. The first-order chi connectivity index (χ1) is 15.6. The molecule has 1 fully saturated rings. The molecule has 180 valence electrons. The molecule has 1 aliphatic heterocycles. The molecular formula is C24H35IN6O2. The minimum absolute atomic E-state index is 0. The Morgan fingerprint density at radius 1 is 1.21 bits per heavy atom. The number of hydrogen-bond donors (Lipinski definition) is 3. The first-order valence-corrected chi connectivity index (χ1v) is 11.3. The Labute approximate surface area is 213 Å². The van der Waals surface area contributed by atoms with Crippen molar-refractivity contribution in [3.05, 3.63) is 53.7 Å². The third-order valence-corrected chi connectivity index (χ3v) is 5.50. The lowest BCUT2D eigenvalue weighted by Crippen LogP contribution is -2.40. The summed E-state index contributed by atoms with van der Waals surface area (Å²) in [5, 5.41) is 6.59. The number of amides is 1. The van der Waals surface area contributed by atoms with E-state index < -0.39 is 0 Å². The third kappa shape index (κ3) is 8.38. The number of aromatic nitrogens is 1. The number of halogens is 1. The van der Waals surface area contributed by atoms with E-state index in [2.05, 4.69) is 33.5 Å². The van der Waals surface area contributed by atoms with Gasteiger partial charge in [0.1, 0.15) is 18.2 Å². The second-order valence-corrected chi connectivity index (χ2v) is 7.93. The zero-order valence-corrected chi connectivity index (χ0v) is 21.7. The largest absolute Gasteiger partial charge is 0.492 e. The van der Waals surface area contributed by atoms with Crippen molar-refractivity contribution in [2.75, 3.05) is 37.7 Å². The molecule has 0 atom stereocenters. The van der Waals surface area contributed by atoms with E-state index in [4.69, 9.17) is 15.5 Å². The van der Waals surface area contributed by atoms with Crippen LogP contribution in [0.4, 0.5) is 5.82 Å². The summed E-state index contributed by atoms with van der Waals surface area (Å²) >= 11 is 0. The monoisotopic (exact) mass is 566 g/mol. The van der Waals surface area contributed by atoms with E-state index in [9.17, 15) is 4.79 Å². The van der Waals surface area contributed by atoms with Gasteiger partial charge in [-0.3, -0.25) is 4.79 Å². The third-order valence-electron chi connectivity index (χ3n) is 5.50. The van der Waals surface area contributed by atoms with Crippen molar-refractivity contribution < 1.29 is 9.53 Å². The van der Waals surface area contributed by atoms with Crippen LogP contribution in [0.1, 0.15) is 30.9 Å². The molecule has 8 nitrogen and oxygen atoms in total. The van der Waals surface area contributed by atoms with Gasteiger partial charge in [-0.15, -0.1) is 24.0 Å². The van der Waals surface area contributed by atoms with Crippen LogP contribution in [-0.4, -0.2) is 49.6 Å². The summed E-state index contributed by atoms with van der Waals surface area (Å²) < 4.78 is 5.78. The van der Waals surface area contributed by atoms with Crippen molar-refractivity contribution in [1.29, 1.82) is 0 Å². The number of rotatable bonds is 9. The number of nitrogens with two attached hydrogens (primary N) is 1. The van der Waals surface area contributed by atoms with Gasteiger partial charge >= 0.3 is 0 Å². The van der Waals surface area contributed by atoms with Crippen LogP contribution in [0.3, 0.4) is 0 Å². The summed E-state index contributed by atoms with van der Waals surface area (Å²) in [5.74, 6) is 2.28. The highest BCUT2D eigenvalue weighted by Crippen LogP contribution is 2.24. The van der Waals surface area contributed by atoms with Gasteiger partial charge in [0.05, 0.1) is 13.1 Å². The predicted octanol–water partition coefficient (Wildman–Crippen LogP) is 2.84. The van der Waals surface area contributed by atoms with Crippen LogP contribution < -0.4 is 26.0 Å². The molecule has 0 unspecified atom stereocenters. The highest BCUT2D eigenvalue weighted by molar-refractivity contribution is 14.0. The molecule has 33 heavy (non-hydrogen) atoms. The van der Waals surface area contributed by atoms with Crippen molar-refractivity contribution >= 4 is 41.7 Å². The van der Waals surface area contributed by atoms with E-state index in [1.807, 2.05) is 37.3 Å². The summed E-state index contributed by atoms with van der Waals surface area (Å²) in [6.45, 7) is 8.10. The number of pyridine rings is 1. The average molecular weight is 566 g/mol. The normalized spacial score (nSPS) is 14.4. The van der Waals surface area contributed by atoms with Gasteiger partial charge in [-0.25, -0.2) is 9.98 Å². The van der Waals surface area contributed by atoms with Crippen LogP contribution in [-0.2, 0) is 11.3 Å². The van der Waals surface area contributed by atoms with Crippen LogP contribution in [0.5, 0.6) is 5.75 Å². The van der Waals surface area contributed by atoms with E-state index in [0.29, 0.717) is 19.7 Å². The SMILES string of the molecule is CCNC(=NCc1cccnc1N1CCC(C(N)=O)CC1)NCCOc1ccc(C)cc1.I. The zero-order valence-electron chi connectivity index (χ0n) is 19.4.